The van der Waals surface area contributed by atoms with Gasteiger partial charge in [0.25, 0.3) is 0 Å². The van der Waals surface area contributed by atoms with Crippen LogP contribution < -0.4 is 5.32 Å². The summed E-state index contributed by atoms with van der Waals surface area (Å²) >= 11 is 3.46. The minimum atomic E-state index is -0.904. The number of rotatable bonds is 4. The van der Waals surface area contributed by atoms with Gasteiger partial charge < -0.3 is 15.2 Å². The quantitative estimate of drug-likeness (QED) is 0.856. The van der Waals surface area contributed by atoms with Crippen LogP contribution in [-0.2, 0) is 15.1 Å². The Kier molecular flexibility index (Phi) is 4.57. The van der Waals surface area contributed by atoms with Crippen molar-refractivity contribution in [2.24, 2.45) is 5.41 Å². The van der Waals surface area contributed by atoms with Gasteiger partial charge in [-0.05, 0) is 61.8 Å². The van der Waals surface area contributed by atoms with Crippen molar-refractivity contribution in [2.45, 2.75) is 37.7 Å². The van der Waals surface area contributed by atoms with Gasteiger partial charge in [-0.2, -0.15) is 0 Å². The molecule has 2 fully saturated rings. The molecule has 2 unspecified atom stereocenters. The molecule has 2 aliphatic rings. The molecule has 1 aliphatic carbocycles. The molecule has 3 rings (SSSR count). The summed E-state index contributed by atoms with van der Waals surface area (Å²) < 4.78 is 6.99. The van der Waals surface area contributed by atoms with Crippen LogP contribution in [0.25, 0.3) is 0 Å². The molecule has 4 nitrogen and oxygen atoms in total. The van der Waals surface area contributed by atoms with E-state index in [1.165, 1.54) is 12.8 Å². The fraction of sp³-hybridized carbons (Fsp3) is 0.588. The highest BCUT2D eigenvalue weighted by Crippen LogP contribution is 2.54. The number of halogens is 1. The molecule has 1 saturated carbocycles. The van der Waals surface area contributed by atoms with Gasteiger partial charge in [-0.1, -0.05) is 28.1 Å². The third-order valence-corrected chi connectivity index (χ3v) is 5.65. The summed E-state index contributed by atoms with van der Waals surface area (Å²) in [5.41, 5.74) is 0.890. The molecule has 1 spiro atoms. The number of hydrogen-bond acceptors (Lipinski definition) is 3. The summed E-state index contributed by atoms with van der Waals surface area (Å²) in [6.45, 7) is 1.87. The second kappa shape index (κ2) is 6.30. The molecule has 0 aromatic heterocycles. The minimum absolute atomic E-state index is 0.237. The third kappa shape index (κ3) is 3.21. The topological polar surface area (TPSA) is 58.6 Å². The Morgan fingerprint density at radius 1 is 1.27 bits per heavy atom. The number of carboxylic acids is 1. The van der Waals surface area contributed by atoms with E-state index in [4.69, 9.17) is 9.84 Å². The summed E-state index contributed by atoms with van der Waals surface area (Å²) in [5.74, 6) is -0.904. The molecule has 0 bridgehead atoms. The minimum Gasteiger partial charge on any atom is -0.480 e. The van der Waals surface area contributed by atoms with Gasteiger partial charge in [0, 0.05) is 11.0 Å². The van der Waals surface area contributed by atoms with Gasteiger partial charge in [0.1, 0.15) is 6.61 Å². The Balaban J connectivity index is 1.87. The monoisotopic (exact) mass is 367 g/mol. The molecule has 1 heterocycles. The van der Waals surface area contributed by atoms with Gasteiger partial charge in [-0.25, -0.2) is 4.79 Å². The number of ether oxygens (including phenoxy) is 1. The second-order valence-corrected chi connectivity index (χ2v) is 7.56. The summed E-state index contributed by atoms with van der Waals surface area (Å²) in [7, 11) is 0. The van der Waals surface area contributed by atoms with Crippen molar-refractivity contribution in [3.05, 3.63) is 34.3 Å². The first-order chi connectivity index (χ1) is 10.5. The Morgan fingerprint density at radius 2 is 2.05 bits per heavy atom. The molecule has 5 heteroatoms. The third-order valence-electron chi connectivity index (χ3n) is 5.12. The lowest BCUT2D eigenvalue weighted by Crippen LogP contribution is -2.40. The van der Waals surface area contributed by atoms with Crippen molar-refractivity contribution < 1.29 is 14.6 Å². The molecule has 2 N–H and O–H groups in total. The van der Waals surface area contributed by atoms with Crippen LogP contribution >= 0.6 is 15.9 Å². The normalized spacial score (nSPS) is 31.5. The smallest absolute Gasteiger partial charge is 0.329 e. The van der Waals surface area contributed by atoms with E-state index < -0.39 is 11.6 Å². The number of carboxylic acid groups (broad SMARTS) is 1. The van der Waals surface area contributed by atoms with Gasteiger partial charge in [-0.15, -0.1) is 0 Å². The number of hydrogen-bond donors (Lipinski definition) is 2. The summed E-state index contributed by atoms with van der Waals surface area (Å²) in [6.07, 6.45) is 5.28. The van der Waals surface area contributed by atoms with Crippen LogP contribution in [0.2, 0.25) is 0 Å². The van der Waals surface area contributed by atoms with Crippen molar-refractivity contribution >= 4 is 21.9 Å². The van der Waals surface area contributed by atoms with Crippen molar-refractivity contribution in [3.63, 3.8) is 0 Å². The highest BCUT2D eigenvalue weighted by molar-refractivity contribution is 9.10. The van der Waals surface area contributed by atoms with Crippen LogP contribution in [0.3, 0.4) is 0 Å². The van der Waals surface area contributed by atoms with Crippen LogP contribution in [0.1, 0.15) is 37.7 Å². The number of benzene rings is 1. The Hall–Kier alpha value is -0.910. The first-order valence-electron chi connectivity index (χ1n) is 7.86. The molecule has 0 radical (unpaired) electrons. The van der Waals surface area contributed by atoms with Gasteiger partial charge in [0.15, 0.2) is 0 Å². The first-order valence-corrected chi connectivity index (χ1v) is 8.66. The fourth-order valence-electron chi connectivity index (χ4n) is 4.05. The van der Waals surface area contributed by atoms with Crippen LogP contribution in [0.5, 0.6) is 0 Å². The van der Waals surface area contributed by atoms with Crippen LogP contribution in [0, 0.1) is 5.41 Å². The van der Waals surface area contributed by atoms with Crippen molar-refractivity contribution in [2.75, 3.05) is 19.7 Å². The number of carbonyl (C=O) groups is 1. The van der Waals surface area contributed by atoms with E-state index in [1.54, 1.807) is 0 Å². The van der Waals surface area contributed by atoms with Gasteiger partial charge in [0.05, 0.1) is 5.60 Å². The average Bonchev–Trinajstić information content (AvgIpc) is 2.86. The predicted molar refractivity (Wildman–Crippen MR) is 87.8 cm³/mol. The zero-order chi connectivity index (χ0) is 15.6. The average molecular weight is 368 g/mol. The van der Waals surface area contributed by atoms with Crippen LogP contribution in [0.4, 0.5) is 0 Å². The van der Waals surface area contributed by atoms with E-state index in [1.807, 2.05) is 12.1 Å². The molecular weight excluding hydrogens is 346 g/mol. The SMILES string of the molecule is O=C(O)COC1(c2ccc(Br)cc2)CCC2(CCCNC2)C1. The second-order valence-electron chi connectivity index (χ2n) is 6.64. The van der Waals surface area contributed by atoms with Crippen LogP contribution in [-0.4, -0.2) is 30.8 Å². The molecule has 2 atom stereocenters. The molecule has 1 saturated heterocycles. The molecule has 0 amide bonds. The van der Waals surface area contributed by atoms with Crippen molar-refractivity contribution in [3.8, 4) is 0 Å². The van der Waals surface area contributed by atoms with E-state index in [2.05, 4.69) is 33.4 Å². The molecule has 1 aliphatic heterocycles. The standard InChI is InChI=1S/C17H22BrNO3/c18-14-4-2-13(3-5-14)17(22-10-15(20)21)8-7-16(11-17)6-1-9-19-12-16/h2-5,19H,1,6-12H2,(H,20,21). The Labute approximate surface area is 139 Å². The van der Waals surface area contributed by atoms with Gasteiger partial charge in [0.2, 0.25) is 0 Å². The van der Waals surface area contributed by atoms with E-state index in [9.17, 15) is 4.79 Å². The maximum Gasteiger partial charge on any atom is 0.329 e. The highest BCUT2D eigenvalue weighted by atomic mass is 79.9. The van der Waals surface area contributed by atoms with Crippen molar-refractivity contribution in [1.82, 2.24) is 5.32 Å². The largest absolute Gasteiger partial charge is 0.480 e. The Bertz CT molecular complexity index is 539. The first kappa shape index (κ1) is 16.0. The zero-order valence-corrected chi connectivity index (χ0v) is 14.2. The van der Waals surface area contributed by atoms with Gasteiger partial charge in [-0.3, -0.25) is 0 Å². The van der Waals surface area contributed by atoms with E-state index in [-0.39, 0.29) is 12.0 Å². The summed E-state index contributed by atoms with van der Waals surface area (Å²) in [6, 6.07) is 8.12. The van der Waals surface area contributed by atoms with E-state index in [0.29, 0.717) is 0 Å². The predicted octanol–water partition coefficient (Wildman–Crippen LogP) is 3.30. The van der Waals surface area contributed by atoms with Gasteiger partial charge >= 0.3 is 5.97 Å². The number of aliphatic carboxylic acids is 1. The molecule has 22 heavy (non-hydrogen) atoms. The fourth-order valence-corrected chi connectivity index (χ4v) is 4.32. The highest BCUT2D eigenvalue weighted by Gasteiger charge is 2.50. The lowest BCUT2D eigenvalue weighted by atomic mass is 9.77. The van der Waals surface area contributed by atoms with E-state index in [0.717, 1.165) is 42.4 Å². The molecule has 1 aromatic rings. The number of nitrogens with one attached hydrogen (secondary N) is 1. The lowest BCUT2D eigenvalue weighted by Gasteiger charge is -2.37. The molecule has 120 valence electrons. The zero-order valence-electron chi connectivity index (χ0n) is 12.6. The van der Waals surface area contributed by atoms with Crippen LogP contribution in [0.15, 0.2) is 28.7 Å². The maximum atomic E-state index is 11.0. The molecular formula is C17H22BrNO3. The van der Waals surface area contributed by atoms with E-state index >= 15 is 0 Å². The summed E-state index contributed by atoms with van der Waals surface area (Å²) in [5, 5.41) is 12.5. The molecule has 1 aromatic carbocycles. The maximum absolute atomic E-state index is 11.0. The van der Waals surface area contributed by atoms with Crippen molar-refractivity contribution in [1.29, 1.82) is 0 Å². The summed E-state index contributed by atoms with van der Waals surface area (Å²) in [4.78, 5) is 11.0. The number of piperidine rings is 1. The Morgan fingerprint density at radius 3 is 2.68 bits per heavy atom. The lowest BCUT2D eigenvalue weighted by molar-refractivity contribution is -0.151.